The summed E-state index contributed by atoms with van der Waals surface area (Å²) in [5, 5.41) is 11.5. The van der Waals surface area contributed by atoms with E-state index in [0.29, 0.717) is 10.6 Å². The van der Waals surface area contributed by atoms with Crippen molar-refractivity contribution in [1.29, 1.82) is 0 Å². The third kappa shape index (κ3) is 10.2. The summed E-state index contributed by atoms with van der Waals surface area (Å²) < 4.78 is 0. The highest BCUT2D eigenvalue weighted by molar-refractivity contribution is 6.30. The molecule has 0 heterocycles. The van der Waals surface area contributed by atoms with Gasteiger partial charge in [0.05, 0.1) is 6.54 Å². The fourth-order valence-corrected chi connectivity index (χ4v) is 1.32. The Labute approximate surface area is 117 Å². The van der Waals surface area contributed by atoms with Crippen molar-refractivity contribution in [3.8, 4) is 0 Å². The van der Waals surface area contributed by atoms with Crippen LogP contribution in [0.25, 0.3) is 0 Å². The molecule has 0 fully saturated rings. The van der Waals surface area contributed by atoms with Crippen LogP contribution < -0.4 is 10.8 Å². The predicted molar refractivity (Wildman–Crippen MR) is 74.5 cm³/mol. The van der Waals surface area contributed by atoms with Crippen LogP contribution >= 0.6 is 11.6 Å². The van der Waals surface area contributed by atoms with Crippen LogP contribution in [-0.4, -0.2) is 30.5 Å². The van der Waals surface area contributed by atoms with E-state index < -0.39 is 5.91 Å². The number of aldehydes is 1. The van der Waals surface area contributed by atoms with Crippen molar-refractivity contribution in [2.75, 3.05) is 13.1 Å². The number of halogens is 1. The van der Waals surface area contributed by atoms with Crippen LogP contribution in [0.1, 0.15) is 30.1 Å². The quantitative estimate of drug-likeness (QED) is 0.324. The third-order valence-electron chi connectivity index (χ3n) is 2.10. The van der Waals surface area contributed by atoms with Crippen molar-refractivity contribution < 1.29 is 14.8 Å². The fraction of sp³-hybridized carbons (Fsp3) is 0.385. The normalized spacial score (nSPS) is 9.21. The Balaban J connectivity index is 0.000000342. The van der Waals surface area contributed by atoms with Crippen LogP contribution in [0.3, 0.4) is 0 Å². The minimum absolute atomic E-state index is 0.191. The van der Waals surface area contributed by atoms with Crippen molar-refractivity contribution in [1.82, 2.24) is 10.8 Å². The van der Waals surface area contributed by atoms with E-state index in [1.54, 1.807) is 29.7 Å². The summed E-state index contributed by atoms with van der Waals surface area (Å²) >= 11 is 5.56. The third-order valence-corrected chi connectivity index (χ3v) is 2.34. The van der Waals surface area contributed by atoms with E-state index in [0.717, 1.165) is 25.7 Å². The molecular weight excluding hydrogens is 268 g/mol. The number of amides is 1. The molecule has 0 bridgehead atoms. The summed E-state index contributed by atoms with van der Waals surface area (Å²) in [6, 6.07) is 6.80. The first-order valence-electron chi connectivity index (χ1n) is 5.98. The number of hydrogen-bond acceptors (Lipinski definition) is 4. The molecule has 0 aliphatic carbocycles. The van der Waals surface area contributed by atoms with Crippen LogP contribution in [0, 0.1) is 0 Å². The SMILES string of the molecule is CCCCNCC(=O)NO.O=Cc1cccc(Cl)c1. The number of rotatable bonds is 6. The van der Waals surface area contributed by atoms with Gasteiger partial charge < -0.3 is 5.32 Å². The average Bonchev–Trinajstić information content (AvgIpc) is 2.44. The second kappa shape index (κ2) is 11.6. The predicted octanol–water partition coefficient (Wildman–Crippen LogP) is 2.03. The van der Waals surface area contributed by atoms with E-state index in [1.807, 2.05) is 0 Å². The number of carbonyl (C=O) groups is 2. The van der Waals surface area contributed by atoms with Gasteiger partial charge in [-0.15, -0.1) is 0 Å². The number of benzene rings is 1. The van der Waals surface area contributed by atoms with E-state index in [1.165, 1.54) is 0 Å². The summed E-state index contributed by atoms with van der Waals surface area (Å²) in [5.74, 6) is -0.392. The van der Waals surface area contributed by atoms with Gasteiger partial charge in [-0.25, -0.2) is 5.48 Å². The summed E-state index contributed by atoms with van der Waals surface area (Å²) in [4.78, 5) is 20.5. The number of unbranched alkanes of at least 4 members (excludes halogenated alkanes) is 1. The first-order valence-corrected chi connectivity index (χ1v) is 6.36. The Hall–Kier alpha value is -1.43. The minimum Gasteiger partial charge on any atom is -0.308 e. The van der Waals surface area contributed by atoms with Crippen LogP contribution in [0.15, 0.2) is 24.3 Å². The first-order chi connectivity index (χ1) is 9.13. The molecule has 0 aliphatic rings. The second-order valence-corrected chi connectivity index (χ2v) is 4.17. The maximum atomic E-state index is 10.4. The number of carbonyl (C=O) groups excluding carboxylic acids is 2. The Morgan fingerprint density at radius 1 is 1.47 bits per heavy atom. The molecule has 0 aliphatic heterocycles. The summed E-state index contributed by atoms with van der Waals surface area (Å²) in [6.07, 6.45) is 2.93. The molecule has 0 aromatic heterocycles. The maximum Gasteiger partial charge on any atom is 0.257 e. The monoisotopic (exact) mass is 286 g/mol. The van der Waals surface area contributed by atoms with Crippen molar-refractivity contribution in [2.24, 2.45) is 0 Å². The van der Waals surface area contributed by atoms with Gasteiger partial charge in [0.1, 0.15) is 6.29 Å². The van der Waals surface area contributed by atoms with Gasteiger partial charge >= 0.3 is 0 Å². The highest BCUT2D eigenvalue weighted by atomic mass is 35.5. The Morgan fingerprint density at radius 3 is 2.68 bits per heavy atom. The van der Waals surface area contributed by atoms with Crippen LogP contribution in [-0.2, 0) is 4.79 Å². The van der Waals surface area contributed by atoms with E-state index in [2.05, 4.69) is 12.2 Å². The highest BCUT2D eigenvalue weighted by Gasteiger charge is 1.94. The molecule has 0 saturated carbocycles. The van der Waals surface area contributed by atoms with Crippen molar-refractivity contribution in [3.05, 3.63) is 34.9 Å². The highest BCUT2D eigenvalue weighted by Crippen LogP contribution is 2.08. The number of hydroxylamine groups is 1. The molecule has 0 atom stereocenters. The zero-order valence-corrected chi connectivity index (χ0v) is 11.6. The lowest BCUT2D eigenvalue weighted by Gasteiger charge is -2.00. The molecule has 0 radical (unpaired) electrons. The molecule has 1 aromatic rings. The molecule has 19 heavy (non-hydrogen) atoms. The van der Waals surface area contributed by atoms with Crippen LogP contribution in [0.4, 0.5) is 0 Å². The smallest absolute Gasteiger partial charge is 0.257 e. The lowest BCUT2D eigenvalue weighted by atomic mass is 10.2. The van der Waals surface area contributed by atoms with E-state index >= 15 is 0 Å². The minimum atomic E-state index is -0.392. The molecule has 1 rings (SSSR count). The van der Waals surface area contributed by atoms with Gasteiger partial charge in [0.15, 0.2) is 0 Å². The summed E-state index contributed by atoms with van der Waals surface area (Å²) in [7, 11) is 0. The zero-order chi connectivity index (χ0) is 14.5. The average molecular weight is 287 g/mol. The van der Waals surface area contributed by atoms with Gasteiger partial charge in [-0.1, -0.05) is 37.1 Å². The topological polar surface area (TPSA) is 78.4 Å². The summed E-state index contributed by atoms with van der Waals surface area (Å²) in [5.41, 5.74) is 2.15. The van der Waals surface area contributed by atoms with E-state index in [4.69, 9.17) is 16.8 Å². The Bertz CT molecular complexity index is 386. The fourth-order valence-electron chi connectivity index (χ4n) is 1.12. The first kappa shape index (κ1) is 17.6. The molecule has 0 spiro atoms. The lowest BCUT2D eigenvalue weighted by Crippen LogP contribution is -2.32. The number of hydrogen-bond donors (Lipinski definition) is 3. The van der Waals surface area contributed by atoms with Gasteiger partial charge in [0, 0.05) is 10.6 Å². The molecule has 106 valence electrons. The van der Waals surface area contributed by atoms with Crippen LogP contribution in [0.2, 0.25) is 5.02 Å². The van der Waals surface area contributed by atoms with Crippen molar-refractivity contribution in [3.63, 3.8) is 0 Å². The Morgan fingerprint density at radius 2 is 2.21 bits per heavy atom. The maximum absolute atomic E-state index is 10.4. The van der Waals surface area contributed by atoms with Crippen molar-refractivity contribution >= 4 is 23.8 Å². The van der Waals surface area contributed by atoms with Gasteiger partial charge in [-0.3, -0.25) is 14.8 Å². The lowest BCUT2D eigenvalue weighted by molar-refractivity contribution is -0.128. The van der Waals surface area contributed by atoms with E-state index in [9.17, 15) is 9.59 Å². The molecule has 3 N–H and O–H groups in total. The van der Waals surface area contributed by atoms with Gasteiger partial charge in [0.25, 0.3) is 5.91 Å². The largest absolute Gasteiger partial charge is 0.308 e. The van der Waals surface area contributed by atoms with Gasteiger partial charge in [0.2, 0.25) is 0 Å². The van der Waals surface area contributed by atoms with Crippen molar-refractivity contribution in [2.45, 2.75) is 19.8 Å². The molecule has 6 heteroatoms. The molecule has 1 amide bonds. The standard InChI is InChI=1S/C7H5ClO.C6H14N2O2/c8-7-3-1-2-6(4-7)5-9;1-2-3-4-7-5-6(9)8-10/h1-5H;7,10H,2-5H2,1H3,(H,8,9). The Kier molecular flexibility index (Phi) is 10.8. The number of nitrogens with one attached hydrogen (secondary N) is 2. The second-order valence-electron chi connectivity index (χ2n) is 3.74. The van der Waals surface area contributed by atoms with Crippen LogP contribution in [0.5, 0.6) is 0 Å². The zero-order valence-electron chi connectivity index (χ0n) is 10.9. The van der Waals surface area contributed by atoms with Gasteiger partial charge in [-0.05, 0) is 25.1 Å². The molecular formula is C13H19ClN2O3. The molecule has 1 aromatic carbocycles. The van der Waals surface area contributed by atoms with Gasteiger partial charge in [-0.2, -0.15) is 0 Å². The van der Waals surface area contributed by atoms with E-state index in [-0.39, 0.29) is 6.54 Å². The molecule has 0 unspecified atom stereocenters. The molecule has 0 saturated heterocycles. The summed E-state index contributed by atoms with van der Waals surface area (Å²) in [6.45, 7) is 3.09. The molecule has 5 nitrogen and oxygen atoms in total.